The zero-order valence-corrected chi connectivity index (χ0v) is 22.6. The Bertz CT molecular complexity index is 1780. The van der Waals surface area contributed by atoms with Gasteiger partial charge in [0.1, 0.15) is 5.75 Å². The Morgan fingerprint density at radius 3 is 2.39 bits per heavy atom. The number of aromatic nitrogens is 1. The summed E-state index contributed by atoms with van der Waals surface area (Å²) in [6.45, 7) is 2.21. The van der Waals surface area contributed by atoms with Gasteiger partial charge in [-0.1, -0.05) is 79.7 Å². The number of hydrogen-bond donors (Lipinski definition) is 0. The van der Waals surface area contributed by atoms with Gasteiger partial charge in [0.25, 0.3) is 11.8 Å². The van der Waals surface area contributed by atoms with E-state index < -0.39 is 11.8 Å². The minimum Gasteiger partial charge on any atom is -0.493 e. The summed E-state index contributed by atoms with van der Waals surface area (Å²) in [4.78, 5) is 48.1. The summed E-state index contributed by atoms with van der Waals surface area (Å²) in [5, 5.41) is 0.635. The van der Waals surface area contributed by atoms with E-state index in [2.05, 4.69) is 11.9 Å². The zero-order valence-electron chi connectivity index (χ0n) is 22.6. The van der Waals surface area contributed by atoms with Gasteiger partial charge in [0.15, 0.2) is 5.78 Å². The van der Waals surface area contributed by atoms with Crippen molar-refractivity contribution in [1.29, 1.82) is 0 Å². The largest absolute Gasteiger partial charge is 0.493 e. The van der Waals surface area contributed by atoms with Crippen molar-refractivity contribution in [3.63, 3.8) is 0 Å². The van der Waals surface area contributed by atoms with Crippen LogP contribution in [0.1, 0.15) is 67.9 Å². The molecule has 2 heterocycles. The first-order chi connectivity index (χ1) is 20.1. The highest BCUT2D eigenvalue weighted by atomic mass is 16.5. The molecule has 0 radical (unpaired) electrons. The van der Waals surface area contributed by atoms with Crippen molar-refractivity contribution in [1.82, 2.24) is 4.98 Å². The first kappa shape index (κ1) is 26.1. The van der Waals surface area contributed by atoms with Crippen LogP contribution in [0, 0.1) is 0 Å². The summed E-state index contributed by atoms with van der Waals surface area (Å²) in [5.74, 6) is -0.921. The number of nitrogens with zero attached hydrogens (tertiary/aromatic N) is 2. The number of fused-ring (bicyclic) bond motifs is 4. The molecule has 1 aliphatic rings. The average molecular weight is 541 g/mol. The van der Waals surface area contributed by atoms with E-state index in [-0.39, 0.29) is 35.9 Å². The Labute approximate surface area is 238 Å². The molecule has 1 unspecified atom stereocenters. The van der Waals surface area contributed by atoms with E-state index in [0.717, 1.165) is 11.1 Å². The number of Topliss-reactive ketones (excluding diaryl/α,β-unsaturated/α-hetero) is 1. The standard InChI is InChI=1S/C35H28N2O4/c1-2-24(23-11-4-3-5-12-23)33-30-17-10-18-32(33)41-22-20-31(38)26-14-6-7-15-27(26)34(39)37(30)35(40)28-19-21-36-29-16-9-8-13-25(28)29/h3-19,21,24H,2,20,22H2,1H3. The Kier molecular flexibility index (Phi) is 7.13. The number of amides is 2. The number of imide groups is 1. The van der Waals surface area contributed by atoms with Gasteiger partial charge in [0.2, 0.25) is 0 Å². The first-order valence-electron chi connectivity index (χ1n) is 13.7. The predicted molar refractivity (Wildman–Crippen MR) is 159 cm³/mol. The maximum atomic E-state index is 14.6. The van der Waals surface area contributed by atoms with Crippen LogP contribution in [0.4, 0.5) is 5.69 Å². The van der Waals surface area contributed by atoms with Crippen LogP contribution in [-0.4, -0.2) is 29.2 Å². The van der Waals surface area contributed by atoms with E-state index in [4.69, 9.17) is 4.74 Å². The van der Waals surface area contributed by atoms with Crippen LogP contribution < -0.4 is 9.64 Å². The maximum Gasteiger partial charge on any atom is 0.266 e. The van der Waals surface area contributed by atoms with E-state index in [1.807, 2.05) is 60.7 Å². The molecule has 1 aromatic heterocycles. The van der Waals surface area contributed by atoms with Gasteiger partial charge in [0, 0.05) is 35.0 Å². The van der Waals surface area contributed by atoms with Crippen LogP contribution in [0.5, 0.6) is 5.75 Å². The minimum absolute atomic E-state index is 0.0963. The van der Waals surface area contributed by atoms with Gasteiger partial charge in [-0.15, -0.1) is 0 Å². The molecule has 1 atom stereocenters. The van der Waals surface area contributed by atoms with Crippen molar-refractivity contribution in [3.8, 4) is 5.75 Å². The number of carbonyl (C=O) groups excluding carboxylic acids is 3. The second-order valence-corrected chi connectivity index (χ2v) is 9.95. The van der Waals surface area contributed by atoms with Crippen molar-refractivity contribution >= 4 is 34.2 Å². The summed E-state index contributed by atoms with van der Waals surface area (Å²) in [7, 11) is 0. The number of benzene rings is 4. The molecule has 0 N–H and O–H groups in total. The quantitative estimate of drug-likeness (QED) is 0.225. The monoisotopic (exact) mass is 540 g/mol. The number of ether oxygens (including phenoxy) is 1. The fourth-order valence-electron chi connectivity index (χ4n) is 5.63. The SMILES string of the molecule is CCC(c1ccccc1)c1c2cccc1N(C(=O)c1ccnc3ccccc13)C(=O)c1ccccc1C(=O)CCO2. The molecule has 6 heteroatoms. The third-order valence-corrected chi connectivity index (χ3v) is 7.57. The van der Waals surface area contributed by atoms with Crippen LogP contribution in [0.3, 0.4) is 0 Å². The maximum absolute atomic E-state index is 14.6. The van der Waals surface area contributed by atoms with Gasteiger partial charge in [0.05, 0.1) is 28.9 Å². The number of para-hydroxylation sites is 1. The lowest BCUT2D eigenvalue weighted by molar-refractivity contribution is 0.0887. The Hall–Kier alpha value is -5.10. The fraction of sp³-hybridized carbons (Fsp3) is 0.143. The van der Waals surface area contributed by atoms with Crippen LogP contribution in [-0.2, 0) is 0 Å². The highest BCUT2D eigenvalue weighted by molar-refractivity contribution is 6.30. The van der Waals surface area contributed by atoms with Gasteiger partial charge in [-0.05, 0) is 42.3 Å². The van der Waals surface area contributed by atoms with Crippen LogP contribution in [0.15, 0.2) is 109 Å². The van der Waals surface area contributed by atoms with E-state index in [9.17, 15) is 14.4 Å². The smallest absolute Gasteiger partial charge is 0.266 e. The molecule has 2 bridgehead atoms. The summed E-state index contributed by atoms with van der Waals surface area (Å²) in [6, 6.07) is 31.1. The molecule has 6 rings (SSSR count). The molecule has 4 aromatic carbocycles. The molecule has 5 aromatic rings. The van der Waals surface area contributed by atoms with Crippen molar-refractivity contribution < 1.29 is 19.1 Å². The molecule has 2 amide bonds. The number of ketones is 1. The van der Waals surface area contributed by atoms with Crippen LogP contribution in [0.25, 0.3) is 10.9 Å². The topological polar surface area (TPSA) is 76.6 Å². The highest BCUT2D eigenvalue weighted by Crippen LogP contribution is 2.42. The number of pyridine rings is 1. The van der Waals surface area contributed by atoms with E-state index in [1.165, 1.54) is 4.90 Å². The predicted octanol–water partition coefficient (Wildman–Crippen LogP) is 7.23. The molecule has 0 aliphatic carbocycles. The summed E-state index contributed by atoms with van der Waals surface area (Å²) in [5.41, 5.74) is 3.62. The van der Waals surface area contributed by atoms with Crippen molar-refractivity contribution in [2.24, 2.45) is 0 Å². The molecule has 202 valence electrons. The molecule has 1 aliphatic heterocycles. The zero-order chi connectivity index (χ0) is 28.3. The molecular weight excluding hydrogens is 512 g/mol. The third kappa shape index (κ3) is 4.78. The van der Waals surface area contributed by atoms with Gasteiger partial charge >= 0.3 is 0 Å². The van der Waals surface area contributed by atoms with Gasteiger partial charge in [-0.25, -0.2) is 4.90 Å². The third-order valence-electron chi connectivity index (χ3n) is 7.57. The van der Waals surface area contributed by atoms with E-state index in [0.29, 0.717) is 34.3 Å². The fourth-order valence-corrected chi connectivity index (χ4v) is 5.63. The molecule has 0 saturated heterocycles. The van der Waals surface area contributed by atoms with Crippen LogP contribution >= 0.6 is 0 Å². The molecule has 41 heavy (non-hydrogen) atoms. The van der Waals surface area contributed by atoms with E-state index in [1.54, 1.807) is 48.7 Å². The number of carbonyl (C=O) groups is 3. The van der Waals surface area contributed by atoms with Crippen molar-refractivity contribution in [3.05, 3.63) is 137 Å². The minimum atomic E-state index is -0.567. The molecular formula is C35H28N2O4. The lowest BCUT2D eigenvalue weighted by Crippen LogP contribution is -2.39. The summed E-state index contributed by atoms with van der Waals surface area (Å²) >= 11 is 0. The van der Waals surface area contributed by atoms with Crippen molar-refractivity contribution in [2.75, 3.05) is 11.5 Å². The van der Waals surface area contributed by atoms with Crippen LogP contribution in [0.2, 0.25) is 0 Å². The van der Waals surface area contributed by atoms with Gasteiger partial charge in [-0.3, -0.25) is 19.4 Å². The average Bonchev–Trinajstić information content (AvgIpc) is 3.02. The molecule has 0 fully saturated rings. The van der Waals surface area contributed by atoms with Gasteiger partial charge < -0.3 is 4.74 Å². The summed E-state index contributed by atoms with van der Waals surface area (Å²) in [6.07, 6.45) is 2.36. The Balaban J connectivity index is 1.65. The molecule has 0 saturated carbocycles. The second-order valence-electron chi connectivity index (χ2n) is 9.95. The lowest BCUT2D eigenvalue weighted by Gasteiger charge is -2.29. The Morgan fingerprint density at radius 1 is 0.854 bits per heavy atom. The first-order valence-corrected chi connectivity index (χ1v) is 13.7. The number of anilines is 1. The molecule has 6 nitrogen and oxygen atoms in total. The normalized spacial score (nSPS) is 14.1. The summed E-state index contributed by atoms with van der Waals surface area (Å²) < 4.78 is 6.26. The lowest BCUT2D eigenvalue weighted by atomic mass is 9.86. The number of hydrogen-bond acceptors (Lipinski definition) is 5. The second kappa shape index (κ2) is 11.2. The van der Waals surface area contributed by atoms with Crippen molar-refractivity contribution in [2.45, 2.75) is 25.7 Å². The number of rotatable bonds is 4. The van der Waals surface area contributed by atoms with E-state index >= 15 is 0 Å². The molecule has 0 spiro atoms. The highest BCUT2D eigenvalue weighted by Gasteiger charge is 2.34. The Morgan fingerprint density at radius 2 is 1.59 bits per heavy atom. The van der Waals surface area contributed by atoms with Gasteiger partial charge in [-0.2, -0.15) is 0 Å².